The van der Waals surface area contributed by atoms with Gasteiger partial charge in [0.2, 0.25) is 0 Å². The molecule has 5 heteroatoms. The Labute approximate surface area is 123 Å². The van der Waals surface area contributed by atoms with Crippen molar-refractivity contribution in [2.45, 2.75) is 38.1 Å². The van der Waals surface area contributed by atoms with Crippen molar-refractivity contribution in [3.63, 3.8) is 0 Å². The number of nitrogens with one attached hydrogen (secondary N) is 1. The number of hydrogen-bond donors (Lipinski definition) is 2. The van der Waals surface area contributed by atoms with E-state index in [-0.39, 0.29) is 18.0 Å². The fraction of sp³-hybridized carbons (Fsp3) is 0.500. The van der Waals surface area contributed by atoms with E-state index in [2.05, 4.69) is 11.4 Å². The molecule has 1 fully saturated rings. The van der Waals surface area contributed by atoms with Gasteiger partial charge >= 0.3 is 12.0 Å². The predicted octanol–water partition coefficient (Wildman–Crippen LogP) is 2.40. The van der Waals surface area contributed by atoms with Gasteiger partial charge in [-0.05, 0) is 43.7 Å². The average Bonchev–Trinajstić information content (AvgIpc) is 2.95. The van der Waals surface area contributed by atoms with Crippen LogP contribution in [0.2, 0.25) is 0 Å². The van der Waals surface area contributed by atoms with Crippen molar-refractivity contribution in [1.82, 2.24) is 5.32 Å². The number of hydrogen-bond acceptors (Lipinski definition) is 2. The normalized spacial score (nSPS) is 24.5. The van der Waals surface area contributed by atoms with E-state index in [1.807, 2.05) is 18.2 Å². The minimum atomic E-state index is -0.755. The van der Waals surface area contributed by atoms with Crippen LogP contribution in [-0.4, -0.2) is 29.7 Å². The number of carboxylic acids is 1. The molecule has 1 saturated carbocycles. The molecular weight excluding hydrogens is 268 g/mol. The Morgan fingerprint density at radius 2 is 2.05 bits per heavy atom. The first-order chi connectivity index (χ1) is 10.1. The summed E-state index contributed by atoms with van der Waals surface area (Å²) in [6.45, 7) is 0.720. The van der Waals surface area contributed by atoms with E-state index in [9.17, 15) is 9.59 Å². The van der Waals surface area contributed by atoms with Crippen LogP contribution in [0.4, 0.5) is 10.5 Å². The standard InChI is InChI=1S/C16H20N2O3/c19-15(20)12-7-8-13(10-12)17-16(21)18-9-3-5-11-4-1-2-6-14(11)18/h1-2,4,6,12-13H,3,5,7-10H2,(H,17,21)(H,19,20). The molecule has 0 aromatic heterocycles. The Kier molecular flexibility index (Phi) is 3.82. The third-order valence-electron chi connectivity index (χ3n) is 4.46. The molecule has 0 bridgehead atoms. The summed E-state index contributed by atoms with van der Waals surface area (Å²) in [6.07, 6.45) is 3.91. The van der Waals surface area contributed by atoms with Gasteiger partial charge in [0, 0.05) is 18.3 Å². The highest BCUT2D eigenvalue weighted by Crippen LogP contribution is 2.29. The quantitative estimate of drug-likeness (QED) is 0.878. The number of carbonyl (C=O) groups excluding carboxylic acids is 1. The zero-order valence-corrected chi connectivity index (χ0v) is 11.9. The lowest BCUT2D eigenvalue weighted by molar-refractivity contribution is -0.141. The third kappa shape index (κ3) is 2.86. The van der Waals surface area contributed by atoms with Crippen LogP contribution in [-0.2, 0) is 11.2 Å². The van der Waals surface area contributed by atoms with E-state index in [0.29, 0.717) is 12.8 Å². The SMILES string of the molecule is O=C(O)C1CCC(NC(=O)N2CCCc3ccccc32)C1. The van der Waals surface area contributed by atoms with Gasteiger partial charge in [0.05, 0.1) is 5.92 Å². The molecule has 1 aliphatic carbocycles. The maximum atomic E-state index is 12.5. The van der Waals surface area contributed by atoms with Crippen LogP contribution in [0.5, 0.6) is 0 Å². The highest BCUT2D eigenvalue weighted by Gasteiger charge is 2.32. The molecule has 1 aliphatic heterocycles. The van der Waals surface area contributed by atoms with Crippen LogP contribution in [0.25, 0.3) is 0 Å². The van der Waals surface area contributed by atoms with Crippen LogP contribution in [0.3, 0.4) is 0 Å². The molecule has 2 atom stereocenters. The van der Waals surface area contributed by atoms with Crippen LogP contribution < -0.4 is 10.2 Å². The Bertz CT molecular complexity index is 558. The lowest BCUT2D eigenvalue weighted by Gasteiger charge is -2.30. The second kappa shape index (κ2) is 5.76. The highest BCUT2D eigenvalue weighted by atomic mass is 16.4. The van der Waals surface area contributed by atoms with E-state index in [1.54, 1.807) is 4.90 Å². The average molecular weight is 288 g/mol. The van der Waals surface area contributed by atoms with Gasteiger partial charge in [0.15, 0.2) is 0 Å². The second-order valence-corrected chi connectivity index (χ2v) is 5.88. The molecule has 0 radical (unpaired) electrons. The number of benzene rings is 1. The van der Waals surface area contributed by atoms with Gasteiger partial charge in [-0.3, -0.25) is 9.69 Å². The third-order valence-corrected chi connectivity index (χ3v) is 4.46. The van der Waals surface area contributed by atoms with Crippen molar-refractivity contribution in [1.29, 1.82) is 0 Å². The summed E-state index contributed by atoms with van der Waals surface area (Å²) in [5, 5.41) is 12.0. The highest BCUT2D eigenvalue weighted by molar-refractivity contribution is 5.93. The summed E-state index contributed by atoms with van der Waals surface area (Å²) in [4.78, 5) is 25.2. The van der Waals surface area contributed by atoms with Crippen molar-refractivity contribution in [2.24, 2.45) is 5.92 Å². The summed E-state index contributed by atoms with van der Waals surface area (Å²) < 4.78 is 0. The molecule has 21 heavy (non-hydrogen) atoms. The molecule has 1 heterocycles. The summed E-state index contributed by atoms with van der Waals surface area (Å²) in [6, 6.07) is 7.86. The van der Waals surface area contributed by atoms with Gasteiger partial charge in [-0.25, -0.2) is 4.79 Å². The molecule has 1 aromatic carbocycles. The first kappa shape index (κ1) is 13.9. The zero-order chi connectivity index (χ0) is 14.8. The number of carboxylic acid groups (broad SMARTS) is 1. The van der Waals surface area contributed by atoms with E-state index in [1.165, 1.54) is 5.56 Å². The lowest BCUT2D eigenvalue weighted by Crippen LogP contribution is -2.46. The monoisotopic (exact) mass is 288 g/mol. The number of para-hydroxylation sites is 1. The van der Waals surface area contributed by atoms with E-state index in [0.717, 1.165) is 31.5 Å². The van der Waals surface area contributed by atoms with Gasteiger partial charge in [0.25, 0.3) is 0 Å². The summed E-state index contributed by atoms with van der Waals surface area (Å²) in [5.41, 5.74) is 2.18. The minimum absolute atomic E-state index is 0.0207. The molecule has 5 nitrogen and oxygen atoms in total. The van der Waals surface area contributed by atoms with Gasteiger partial charge in [-0.2, -0.15) is 0 Å². The van der Waals surface area contributed by atoms with Gasteiger partial charge in [-0.15, -0.1) is 0 Å². The number of rotatable bonds is 2. The van der Waals surface area contributed by atoms with Gasteiger partial charge in [0.1, 0.15) is 0 Å². The van der Waals surface area contributed by atoms with Crippen LogP contribution in [0, 0.1) is 5.92 Å². The molecule has 2 N–H and O–H groups in total. The predicted molar refractivity (Wildman–Crippen MR) is 79.4 cm³/mol. The Morgan fingerprint density at radius 3 is 2.81 bits per heavy atom. The lowest BCUT2D eigenvalue weighted by atomic mass is 10.0. The maximum Gasteiger partial charge on any atom is 0.322 e. The zero-order valence-electron chi connectivity index (χ0n) is 11.9. The Balaban J connectivity index is 1.66. The molecule has 112 valence electrons. The van der Waals surface area contributed by atoms with E-state index in [4.69, 9.17) is 5.11 Å². The van der Waals surface area contributed by atoms with Gasteiger partial charge in [-0.1, -0.05) is 18.2 Å². The molecule has 2 aliphatic rings. The Hall–Kier alpha value is -2.04. The number of aryl methyl sites for hydroxylation is 1. The van der Waals surface area contributed by atoms with Crippen molar-refractivity contribution in [2.75, 3.05) is 11.4 Å². The maximum absolute atomic E-state index is 12.5. The molecule has 2 amide bonds. The number of urea groups is 1. The summed E-state index contributed by atoms with van der Waals surface area (Å²) >= 11 is 0. The largest absolute Gasteiger partial charge is 0.481 e. The van der Waals surface area contributed by atoms with Gasteiger partial charge < -0.3 is 10.4 Å². The first-order valence-corrected chi connectivity index (χ1v) is 7.54. The number of aliphatic carboxylic acids is 1. The number of anilines is 1. The van der Waals surface area contributed by atoms with Crippen LogP contribution in [0.1, 0.15) is 31.2 Å². The van der Waals surface area contributed by atoms with E-state index < -0.39 is 5.97 Å². The van der Waals surface area contributed by atoms with E-state index >= 15 is 0 Å². The molecule has 0 spiro atoms. The van der Waals surface area contributed by atoms with Crippen LogP contribution in [0.15, 0.2) is 24.3 Å². The number of nitrogens with zero attached hydrogens (tertiary/aromatic N) is 1. The number of fused-ring (bicyclic) bond motifs is 1. The number of amides is 2. The van der Waals surface area contributed by atoms with Crippen molar-refractivity contribution in [3.05, 3.63) is 29.8 Å². The first-order valence-electron chi connectivity index (χ1n) is 7.54. The molecule has 3 rings (SSSR count). The summed E-state index contributed by atoms with van der Waals surface area (Å²) in [5.74, 6) is -1.07. The van der Waals surface area contributed by atoms with Crippen LogP contribution >= 0.6 is 0 Å². The fourth-order valence-corrected chi connectivity index (χ4v) is 3.33. The minimum Gasteiger partial charge on any atom is -0.481 e. The number of carbonyl (C=O) groups is 2. The fourth-order valence-electron chi connectivity index (χ4n) is 3.33. The topological polar surface area (TPSA) is 69.6 Å². The van der Waals surface area contributed by atoms with Crippen molar-refractivity contribution >= 4 is 17.7 Å². The molecular formula is C16H20N2O3. The molecule has 1 aromatic rings. The Morgan fingerprint density at radius 1 is 1.24 bits per heavy atom. The van der Waals surface area contributed by atoms with Crippen molar-refractivity contribution < 1.29 is 14.7 Å². The smallest absolute Gasteiger partial charge is 0.322 e. The van der Waals surface area contributed by atoms with Crippen molar-refractivity contribution in [3.8, 4) is 0 Å². The molecule has 2 unspecified atom stereocenters. The molecule has 0 saturated heterocycles. The second-order valence-electron chi connectivity index (χ2n) is 5.88. The summed E-state index contributed by atoms with van der Waals surface area (Å²) in [7, 11) is 0.